The van der Waals surface area contributed by atoms with Crippen molar-refractivity contribution in [1.29, 1.82) is 0 Å². The van der Waals surface area contributed by atoms with Crippen molar-refractivity contribution in [2.75, 3.05) is 24.6 Å². The molecule has 0 saturated carbocycles. The van der Waals surface area contributed by atoms with E-state index in [1.54, 1.807) is 34.5 Å². The van der Waals surface area contributed by atoms with Crippen molar-refractivity contribution >= 4 is 21.7 Å². The number of amides is 2. The number of aryl methyl sites for hydroxylation is 1. The molecule has 8 nitrogen and oxygen atoms in total. The molecule has 2 atom stereocenters. The van der Waals surface area contributed by atoms with Gasteiger partial charge in [-0.25, -0.2) is 8.42 Å². The smallest absolute Gasteiger partial charge is 0.257 e. The van der Waals surface area contributed by atoms with Crippen molar-refractivity contribution in [2.24, 2.45) is 5.92 Å². The summed E-state index contributed by atoms with van der Waals surface area (Å²) in [5.74, 6) is -0.642. The van der Waals surface area contributed by atoms with Crippen LogP contribution in [0.3, 0.4) is 0 Å². The van der Waals surface area contributed by atoms with Gasteiger partial charge in [0.05, 0.1) is 35.3 Å². The number of carbonyl (C=O) groups is 2. The Labute approximate surface area is 147 Å². The second-order valence-electron chi connectivity index (χ2n) is 6.98. The number of sulfone groups is 1. The molecule has 2 aliphatic heterocycles. The molecule has 1 aromatic heterocycles. The van der Waals surface area contributed by atoms with Crippen LogP contribution in [0.5, 0.6) is 0 Å². The van der Waals surface area contributed by atoms with Crippen LogP contribution in [0.4, 0.5) is 0 Å². The first-order chi connectivity index (χ1) is 11.7. The molecular weight excluding hydrogens is 344 g/mol. The first-order valence-electron chi connectivity index (χ1n) is 8.58. The number of piperazine rings is 1. The number of fused-ring (bicyclic) bond motifs is 1. The number of rotatable bonds is 3. The van der Waals surface area contributed by atoms with E-state index >= 15 is 0 Å². The van der Waals surface area contributed by atoms with Crippen molar-refractivity contribution in [2.45, 2.75) is 39.4 Å². The molecule has 2 saturated heterocycles. The molecule has 138 valence electrons. The van der Waals surface area contributed by atoms with Gasteiger partial charge in [-0.1, -0.05) is 13.8 Å². The number of hydrogen-bond acceptors (Lipinski definition) is 5. The van der Waals surface area contributed by atoms with Crippen LogP contribution in [0.1, 0.15) is 31.1 Å². The maximum atomic E-state index is 12.9. The monoisotopic (exact) mass is 368 g/mol. The topological polar surface area (TPSA) is 92.6 Å². The first kappa shape index (κ1) is 17.9. The normalized spacial score (nSPS) is 25.3. The number of hydrogen-bond donors (Lipinski definition) is 0. The summed E-state index contributed by atoms with van der Waals surface area (Å²) < 4.78 is 26.1. The van der Waals surface area contributed by atoms with Gasteiger partial charge in [0.15, 0.2) is 9.84 Å². The molecule has 9 heteroatoms. The average Bonchev–Trinajstić information content (AvgIpc) is 3.15. The lowest BCUT2D eigenvalue weighted by molar-refractivity contribution is -0.139. The number of carbonyl (C=O) groups excluding carboxylic acids is 2. The molecule has 0 radical (unpaired) electrons. The van der Waals surface area contributed by atoms with Gasteiger partial charge in [0.1, 0.15) is 0 Å². The predicted octanol–water partition coefficient (Wildman–Crippen LogP) is 0.00900. The summed E-state index contributed by atoms with van der Waals surface area (Å²) in [6.07, 6.45) is 3.18. The molecule has 25 heavy (non-hydrogen) atoms. The highest BCUT2D eigenvalue weighted by Gasteiger charge is 2.49. The van der Waals surface area contributed by atoms with Gasteiger partial charge in [-0.3, -0.25) is 14.3 Å². The largest absolute Gasteiger partial charge is 0.335 e. The molecular formula is C16H24N4O4S. The lowest BCUT2D eigenvalue weighted by Crippen LogP contribution is -2.62. The maximum absolute atomic E-state index is 12.9. The first-order valence-corrected chi connectivity index (χ1v) is 10.4. The van der Waals surface area contributed by atoms with Crippen molar-refractivity contribution in [1.82, 2.24) is 19.6 Å². The van der Waals surface area contributed by atoms with Gasteiger partial charge >= 0.3 is 0 Å². The van der Waals surface area contributed by atoms with Crippen LogP contribution in [0.25, 0.3) is 0 Å². The molecule has 0 bridgehead atoms. The van der Waals surface area contributed by atoms with Gasteiger partial charge in [0, 0.05) is 31.7 Å². The second-order valence-corrected chi connectivity index (χ2v) is 9.13. The molecule has 3 heterocycles. The Morgan fingerprint density at radius 2 is 1.80 bits per heavy atom. The standard InChI is InChI=1S/C16H24N4O4S/c1-4-18-8-12(7-17-18)16(22)20-6-5-19(15(21)11(2)3)13-9-25(23,24)10-14(13)20/h7-8,11,13-14H,4-6,9-10H2,1-3H3/t13-,14+/m0/s1. The summed E-state index contributed by atoms with van der Waals surface area (Å²) in [5, 5.41) is 4.12. The zero-order chi connectivity index (χ0) is 18.4. The van der Waals surface area contributed by atoms with Gasteiger partial charge < -0.3 is 9.80 Å². The molecule has 2 aliphatic rings. The molecule has 2 amide bonds. The van der Waals surface area contributed by atoms with E-state index in [-0.39, 0.29) is 29.2 Å². The van der Waals surface area contributed by atoms with E-state index in [0.29, 0.717) is 25.2 Å². The lowest BCUT2D eigenvalue weighted by atomic mass is 10.0. The third kappa shape index (κ3) is 3.29. The van der Waals surface area contributed by atoms with Crippen LogP contribution in [0, 0.1) is 5.92 Å². The zero-order valence-electron chi connectivity index (χ0n) is 14.8. The Hall–Kier alpha value is -1.90. The van der Waals surface area contributed by atoms with Gasteiger partial charge in [-0.2, -0.15) is 5.10 Å². The van der Waals surface area contributed by atoms with E-state index in [1.165, 1.54) is 6.20 Å². The SMILES string of the molecule is CCn1cc(C(=O)N2CCN(C(=O)C(C)C)[C@H]3CS(=O)(=O)C[C@H]32)cn1. The highest BCUT2D eigenvalue weighted by molar-refractivity contribution is 7.91. The molecule has 1 aromatic rings. The summed E-state index contributed by atoms with van der Waals surface area (Å²) in [6.45, 7) is 6.89. The summed E-state index contributed by atoms with van der Waals surface area (Å²) in [4.78, 5) is 28.6. The van der Waals surface area contributed by atoms with Gasteiger partial charge in [0.2, 0.25) is 5.91 Å². The van der Waals surface area contributed by atoms with Crippen LogP contribution < -0.4 is 0 Å². The number of nitrogens with zero attached hydrogens (tertiary/aromatic N) is 4. The quantitative estimate of drug-likeness (QED) is 0.749. The Morgan fingerprint density at radius 1 is 1.20 bits per heavy atom. The van der Waals surface area contributed by atoms with Crippen LogP contribution in [0.15, 0.2) is 12.4 Å². The van der Waals surface area contributed by atoms with Crippen LogP contribution in [-0.2, 0) is 21.2 Å². The van der Waals surface area contributed by atoms with E-state index in [4.69, 9.17) is 0 Å². The Kier molecular flexibility index (Phi) is 4.61. The molecule has 0 aliphatic carbocycles. The van der Waals surface area contributed by atoms with Crippen LogP contribution in [0.2, 0.25) is 0 Å². The third-order valence-corrected chi connectivity index (χ3v) is 6.62. The van der Waals surface area contributed by atoms with Gasteiger partial charge in [0.25, 0.3) is 5.91 Å². The van der Waals surface area contributed by atoms with Gasteiger partial charge in [-0.15, -0.1) is 0 Å². The van der Waals surface area contributed by atoms with Crippen LogP contribution >= 0.6 is 0 Å². The van der Waals surface area contributed by atoms with E-state index in [2.05, 4.69) is 5.10 Å². The second kappa shape index (κ2) is 6.44. The van der Waals surface area contributed by atoms with E-state index in [1.807, 2.05) is 6.92 Å². The molecule has 0 aromatic carbocycles. The fourth-order valence-corrected chi connectivity index (χ4v) is 5.60. The van der Waals surface area contributed by atoms with Crippen molar-refractivity contribution < 1.29 is 18.0 Å². The predicted molar refractivity (Wildman–Crippen MR) is 91.7 cm³/mol. The fourth-order valence-electron chi connectivity index (χ4n) is 3.62. The van der Waals surface area contributed by atoms with Crippen molar-refractivity contribution in [3.63, 3.8) is 0 Å². The van der Waals surface area contributed by atoms with Gasteiger partial charge in [-0.05, 0) is 6.92 Å². The summed E-state index contributed by atoms with van der Waals surface area (Å²) in [5.41, 5.74) is 0.452. The van der Waals surface area contributed by atoms with Crippen molar-refractivity contribution in [3.05, 3.63) is 18.0 Å². The highest BCUT2D eigenvalue weighted by atomic mass is 32.2. The van der Waals surface area contributed by atoms with E-state index < -0.39 is 21.9 Å². The molecule has 0 N–H and O–H groups in total. The number of aromatic nitrogens is 2. The fraction of sp³-hybridized carbons (Fsp3) is 0.688. The Balaban J connectivity index is 1.88. The lowest BCUT2D eigenvalue weighted by Gasteiger charge is -2.44. The zero-order valence-corrected chi connectivity index (χ0v) is 15.6. The maximum Gasteiger partial charge on any atom is 0.257 e. The minimum atomic E-state index is -3.28. The highest BCUT2D eigenvalue weighted by Crippen LogP contribution is 2.29. The van der Waals surface area contributed by atoms with E-state index in [9.17, 15) is 18.0 Å². The molecule has 0 unspecified atom stereocenters. The average molecular weight is 368 g/mol. The Bertz CT molecular complexity index is 786. The minimum absolute atomic E-state index is 0.0574. The summed E-state index contributed by atoms with van der Waals surface area (Å²) >= 11 is 0. The summed E-state index contributed by atoms with van der Waals surface area (Å²) in [6, 6.07) is -0.947. The molecule has 0 spiro atoms. The minimum Gasteiger partial charge on any atom is -0.335 e. The molecule has 2 fully saturated rings. The molecule has 3 rings (SSSR count). The van der Waals surface area contributed by atoms with Crippen LogP contribution in [-0.4, -0.2) is 76.5 Å². The van der Waals surface area contributed by atoms with Crippen molar-refractivity contribution in [3.8, 4) is 0 Å². The van der Waals surface area contributed by atoms with E-state index in [0.717, 1.165) is 0 Å². The Morgan fingerprint density at radius 3 is 2.36 bits per heavy atom. The third-order valence-electron chi connectivity index (χ3n) is 4.92. The summed E-state index contributed by atoms with van der Waals surface area (Å²) in [7, 11) is -3.28.